The van der Waals surface area contributed by atoms with Gasteiger partial charge in [0.05, 0.1) is 7.11 Å². The van der Waals surface area contributed by atoms with E-state index in [2.05, 4.69) is 25.1 Å². The maximum Gasteiger partial charge on any atom is 0.122 e. The van der Waals surface area contributed by atoms with E-state index in [-0.39, 0.29) is 0 Å². The van der Waals surface area contributed by atoms with Crippen LogP contribution in [0, 0.1) is 12.8 Å². The zero-order valence-corrected chi connectivity index (χ0v) is 8.79. The van der Waals surface area contributed by atoms with Gasteiger partial charge in [0.15, 0.2) is 0 Å². The average molecular weight is 191 g/mol. The maximum absolute atomic E-state index is 5.65. The topological polar surface area (TPSA) is 35.2 Å². The van der Waals surface area contributed by atoms with Crippen molar-refractivity contribution in [3.63, 3.8) is 0 Å². The van der Waals surface area contributed by atoms with Gasteiger partial charge in [-0.25, -0.2) is 0 Å². The molecular formula is C12H17NO. The van der Waals surface area contributed by atoms with Crippen LogP contribution in [0.15, 0.2) is 18.2 Å². The number of hydrogen-bond acceptors (Lipinski definition) is 2. The monoisotopic (exact) mass is 191 g/mol. The molecule has 2 atom stereocenters. The SMILES string of the molecule is COc1ccc(C)cc1C1CC1CN. The lowest BCUT2D eigenvalue weighted by atomic mass is 10.0. The Balaban J connectivity index is 2.27. The number of benzene rings is 1. The Kier molecular flexibility index (Phi) is 2.46. The maximum atomic E-state index is 5.65. The fraction of sp³-hybridized carbons (Fsp3) is 0.500. The first-order valence-electron chi connectivity index (χ1n) is 5.11. The largest absolute Gasteiger partial charge is 0.496 e. The molecule has 2 heteroatoms. The summed E-state index contributed by atoms with van der Waals surface area (Å²) in [6.45, 7) is 2.91. The van der Waals surface area contributed by atoms with E-state index in [0.29, 0.717) is 11.8 Å². The highest BCUT2D eigenvalue weighted by molar-refractivity contribution is 5.42. The number of aryl methyl sites for hydroxylation is 1. The third-order valence-corrected chi connectivity index (χ3v) is 3.01. The molecule has 0 aliphatic heterocycles. The first kappa shape index (κ1) is 9.53. The second kappa shape index (κ2) is 3.62. The van der Waals surface area contributed by atoms with Crippen LogP contribution >= 0.6 is 0 Å². The van der Waals surface area contributed by atoms with Gasteiger partial charge in [-0.3, -0.25) is 0 Å². The molecule has 2 unspecified atom stereocenters. The molecule has 0 saturated heterocycles. The van der Waals surface area contributed by atoms with Crippen LogP contribution in [0.2, 0.25) is 0 Å². The Labute approximate surface area is 85.1 Å². The van der Waals surface area contributed by atoms with Crippen LogP contribution < -0.4 is 10.5 Å². The molecule has 1 aromatic carbocycles. The Hall–Kier alpha value is -1.02. The van der Waals surface area contributed by atoms with E-state index in [1.54, 1.807) is 7.11 Å². The molecule has 14 heavy (non-hydrogen) atoms. The molecule has 2 rings (SSSR count). The summed E-state index contributed by atoms with van der Waals surface area (Å²) in [6.07, 6.45) is 1.22. The predicted molar refractivity (Wildman–Crippen MR) is 57.6 cm³/mol. The van der Waals surface area contributed by atoms with Crippen molar-refractivity contribution >= 4 is 0 Å². The van der Waals surface area contributed by atoms with Gasteiger partial charge in [-0.1, -0.05) is 17.7 Å². The van der Waals surface area contributed by atoms with Crippen LogP contribution in [-0.2, 0) is 0 Å². The Morgan fingerprint density at radius 2 is 2.29 bits per heavy atom. The third-order valence-electron chi connectivity index (χ3n) is 3.01. The number of nitrogens with two attached hydrogens (primary N) is 1. The summed E-state index contributed by atoms with van der Waals surface area (Å²) < 4.78 is 5.35. The minimum absolute atomic E-state index is 0.634. The second-order valence-corrected chi connectivity index (χ2v) is 4.08. The van der Waals surface area contributed by atoms with Crippen LogP contribution in [0.4, 0.5) is 0 Å². The molecule has 0 bridgehead atoms. The fourth-order valence-corrected chi connectivity index (χ4v) is 2.03. The summed E-state index contributed by atoms with van der Waals surface area (Å²) in [6, 6.07) is 6.36. The van der Waals surface area contributed by atoms with Gasteiger partial charge in [-0.15, -0.1) is 0 Å². The van der Waals surface area contributed by atoms with Crippen LogP contribution in [0.1, 0.15) is 23.5 Å². The van der Waals surface area contributed by atoms with Gasteiger partial charge in [0.25, 0.3) is 0 Å². The zero-order valence-electron chi connectivity index (χ0n) is 8.79. The molecule has 1 fully saturated rings. The van der Waals surface area contributed by atoms with Crippen molar-refractivity contribution in [1.29, 1.82) is 0 Å². The van der Waals surface area contributed by atoms with Crippen LogP contribution in [0.5, 0.6) is 5.75 Å². The highest BCUT2D eigenvalue weighted by Gasteiger charge is 2.38. The Morgan fingerprint density at radius 1 is 1.50 bits per heavy atom. The molecule has 1 aliphatic rings. The van der Waals surface area contributed by atoms with E-state index >= 15 is 0 Å². The molecule has 1 aliphatic carbocycles. The number of methoxy groups -OCH3 is 1. The van der Waals surface area contributed by atoms with Gasteiger partial charge in [0, 0.05) is 0 Å². The first-order chi connectivity index (χ1) is 6.76. The fourth-order valence-electron chi connectivity index (χ4n) is 2.03. The van der Waals surface area contributed by atoms with Crippen LogP contribution in [0.25, 0.3) is 0 Å². The minimum atomic E-state index is 0.634. The third kappa shape index (κ3) is 1.62. The van der Waals surface area contributed by atoms with E-state index in [1.807, 2.05) is 0 Å². The molecule has 1 aromatic rings. The van der Waals surface area contributed by atoms with Gasteiger partial charge in [-0.2, -0.15) is 0 Å². The summed E-state index contributed by atoms with van der Waals surface area (Å²) in [5.41, 5.74) is 8.28. The highest BCUT2D eigenvalue weighted by atomic mass is 16.5. The lowest BCUT2D eigenvalue weighted by molar-refractivity contribution is 0.409. The molecule has 0 spiro atoms. The van der Waals surface area contributed by atoms with Gasteiger partial charge in [0.1, 0.15) is 5.75 Å². The zero-order chi connectivity index (χ0) is 10.1. The molecule has 0 amide bonds. The van der Waals surface area contributed by atoms with Crippen molar-refractivity contribution in [3.05, 3.63) is 29.3 Å². The van der Waals surface area contributed by atoms with E-state index in [4.69, 9.17) is 10.5 Å². The summed E-state index contributed by atoms with van der Waals surface area (Å²) in [4.78, 5) is 0. The van der Waals surface area contributed by atoms with Crippen LogP contribution in [-0.4, -0.2) is 13.7 Å². The predicted octanol–water partition coefficient (Wildman–Crippen LogP) is 2.07. The molecule has 2 N–H and O–H groups in total. The summed E-state index contributed by atoms with van der Waals surface area (Å²) in [5, 5.41) is 0. The van der Waals surface area contributed by atoms with Crippen molar-refractivity contribution in [3.8, 4) is 5.75 Å². The normalized spacial score (nSPS) is 24.8. The van der Waals surface area contributed by atoms with E-state index in [9.17, 15) is 0 Å². The highest BCUT2D eigenvalue weighted by Crippen LogP contribution is 2.49. The lowest BCUT2D eigenvalue weighted by Crippen LogP contribution is -2.02. The van der Waals surface area contributed by atoms with Gasteiger partial charge in [0.2, 0.25) is 0 Å². The smallest absolute Gasteiger partial charge is 0.122 e. The minimum Gasteiger partial charge on any atom is -0.496 e. The second-order valence-electron chi connectivity index (χ2n) is 4.08. The first-order valence-corrected chi connectivity index (χ1v) is 5.11. The molecule has 76 valence electrons. The standard InChI is InChI=1S/C12H17NO/c1-8-3-4-12(14-2)11(5-8)10-6-9(10)7-13/h3-5,9-10H,6-7,13H2,1-2H3. The number of rotatable bonds is 3. The van der Waals surface area contributed by atoms with Crippen LogP contribution in [0.3, 0.4) is 0 Å². The van der Waals surface area contributed by atoms with Crippen molar-refractivity contribution < 1.29 is 4.74 Å². The van der Waals surface area contributed by atoms with Gasteiger partial charge in [-0.05, 0) is 43.4 Å². The molecule has 0 radical (unpaired) electrons. The summed E-state index contributed by atoms with van der Waals surface area (Å²) in [5.74, 6) is 2.32. The van der Waals surface area contributed by atoms with Crippen molar-refractivity contribution in [2.75, 3.05) is 13.7 Å². The number of hydrogen-bond donors (Lipinski definition) is 1. The van der Waals surface area contributed by atoms with Crippen molar-refractivity contribution in [1.82, 2.24) is 0 Å². The molecule has 0 heterocycles. The van der Waals surface area contributed by atoms with Gasteiger partial charge >= 0.3 is 0 Å². The molecule has 0 aromatic heterocycles. The summed E-state index contributed by atoms with van der Waals surface area (Å²) in [7, 11) is 1.73. The van der Waals surface area contributed by atoms with Crippen molar-refractivity contribution in [2.45, 2.75) is 19.3 Å². The molecular weight excluding hydrogens is 174 g/mol. The summed E-state index contributed by atoms with van der Waals surface area (Å²) >= 11 is 0. The van der Waals surface area contributed by atoms with E-state index in [1.165, 1.54) is 17.5 Å². The van der Waals surface area contributed by atoms with Gasteiger partial charge < -0.3 is 10.5 Å². The Morgan fingerprint density at radius 3 is 2.86 bits per heavy atom. The van der Waals surface area contributed by atoms with E-state index in [0.717, 1.165) is 12.3 Å². The Bertz CT molecular complexity index is 335. The van der Waals surface area contributed by atoms with E-state index < -0.39 is 0 Å². The molecule has 2 nitrogen and oxygen atoms in total. The molecule has 1 saturated carbocycles. The van der Waals surface area contributed by atoms with Crippen molar-refractivity contribution in [2.24, 2.45) is 11.7 Å². The quantitative estimate of drug-likeness (QED) is 0.793. The lowest BCUT2D eigenvalue weighted by Gasteiger charge is -2.08. The number of ether oxygens (including phenoxy) is 1. The average Bonchev–Trinajstić information content (AvgIpc) is 2.96.